The van der Waals surface area contributed by atoms with E-state index in [1.807, 2.05) is 6.92 Å². The fourth-order valence-corrected chi connectivity index (χ4v) is 5.18. The number of rotatable bonds is 6. The Labute approximate surface area is 126 Å². The van der Waals surface area contributed by atoms with Gasteiger partial charge in [-0.3, -0.25) is 0 Å². The summed E-state index contributed by atoms with van der Waals surface area (Å²) in [5.74, 6) is 0. The molecule has 2 N–H and O–H groups in total. The van der Waals surface area contributed by atoms with Crippen LogP contribution in [0.3, 0.4) is 0 Å². The molecular formula is C14H24N2O2S2. The zero-order valence-electron chi connectivity index (χ0n) is 12.4. The van der Waals surface area contributed by atoms with Gasteiger partial charge in [0, 0.05) is 22.8 Å². The highest BCUT2D eigenvalue weighted by molar-refractivity contribution is 7.89. The van der Waals surface area contributed by atoms with Crippen LogP contribution in [-0.4, -0.2) is 21.0 Å². The second kappa shape index (κ2) is 6.13. The van der Waals surface area contributed by atoms with Crippen molar-refractivity contribution in [3.63, 3.8) is 0 Å². The Morgan fingerprint density at radius 3 is 2.80 bits per heavy atom. The minimum atomic E-state index is -3.37. The van der Waals surface area contributed by atoms with E-state index in [0.717, 1.165) is 37.2 Å². The molecule has 0 bridgehead atoms. The molecule has 1 aromatic heterocycles. The lowest BCUT2D eigenvalue weighted by Crippen LogP contribution is -2.33. The SMILES string of the molecule is CCNCc1cc(S(=O)(=O)NC2CCC(C)(C)C2)cs1. The van der Waals surface area contributed by atoms with E-state index in [1.165, 1.54) is 11.3 Å². The van der Waals surface area contributed by atoms with Crippen molar-refractivity contribution in [2.24, 2.45) is 5.41 Å². The number of sulfonamides is 1. The van der Waals surface area contributed by atoms with E-state index < -0.39 is 10.0 Å². The van der Waals surface area contributed by atoms with Crippen molar-refractivity contribution in [2.45, 2.75) is 57.5 Å². The third-order valence-corrected chi connectivity index (χ3v) is 6.37. The first-order valence-corrected chi connectivity index (χ1v) is 9.49. The van der Waals surface area contributed by atoms with Crippen molar-refractivity contribution in [1.82, 2.24) is 10.0 Å². The van der Waals surface area contributed by atoms with E-state index in [9.17, 15) is 8.42 Å². The number of thiophene rings is 1. The van der Waals surface area contributed by atoms with Crippen LogP contribution in [0, 0.1) is 5.41 Å². The Kier molecular flexibility index (Phi) is 4.89. The summed E-state index contributed by atoms with van der Waals surface area (Å²) in [5, 5.41) is 4.94. The highest BCUT2D eigenvalue weighted by Crippen LogP contribution is 2.37. The summed E-state index contributed by atoms with van der Waals surface area (Å²) in [5.41, 5.74) is 0.248. The molecule has 0 aliphatic heterocycles. The Morgan fingerprint density at radius 2 is 2.20 bits per heavy atom. The van der Waals surface area contributed by atoms with E-state index in [0.29, 0.717) is 4.90 Å². The van der Waals surface area contributed by atoms with E-state index in [1.54, 1.807) is 11.4 Å². The Hall–Kier alpha value is -0.430. The number of hydrogen-bond donors (Lipinski definition) is 2. The monoisotopic (exact) mass is 316 g/mol. The van der Waals surface area contributed by atoms with Crippen LogP contribution in [0.5, 0.6) is 0 Å². The van der Waals surface area contributed by atoms with Crippen LogP contribution in [0.15, 0.2) is 16.3 Å². The van der Waals surface area contributed by atoms with Gasteiger partial charge in [0.1, 0.15) is 0 Å². The Morgan fingerprint density at radius 1 is 1.45 bits per heavy atom. The molecule has 0 radical (unpaired) electrons. The highest BCUT2D eigenvalue weighted by Gasteiger charge is 2.33. The zero-order chi connectivity index (χ0) is 14.8. The first kappa shape index (κ1) is 15.9. The molecule has 1 aliphatic rings. The van der Waals surface area contributed by atoms with Crippen molar-refractivity contribution in [3.05, 3.63) is 16.3 Å². The molecule has 1 atom stereocenters. The molecule has 1 heterocycles. The summed E-state index contributed by atoms with van der Waals surface area (Å²) in [6.07, 6.45) is 2.93. The Balaban J connectivity index is 2.01. The molecule has 114 valence electrons. The molecule has 1 aliphatic carbocycles. The lowest BCUT2D eigenvalue weighted by Gasteiger charge is -2.17. The molecule has 0 aromatic carbocycles. The maximum Gasteiger partial charge on any atom is 0.241 e. The summed E-state index contributed by atoms with van der Waals surface area (Å²) in [4.78, 5) is 1.46. The van der Waals surface area contributed by atoms with Crippen LogP contribution in [-0.2, 0) is 16.6 Å². The zero-order valence-corrected chi connectivity index (χ0v) is 14.0. The summed E-state index contributed by atoms with van der Waals surface area (Å²) in [7, 11) is -3.37. The maximum absolute atomic E-state index is 12.4. The van der Waals surface area contributed by atoms with E-state index in [4.69, 9.17) is 0 Å². The van der Waals surface area contributed by atoms with E-state index in [2.05, 4.69) is 23.9 Å². The molecule has 1 unspecified atom stereocenters. The molecular weight excluding hydrogens is 292 g/mol. The first-order valence-electron chi connectivity index (χ1n) is 7.13. The summed E-state index contributed by atoms with van der Waals surface area (Å²) < 4.78 is 27.6. The largest absolute Gasteiger partial charge is 0.312 e. The predicted octanol–water partition coefficient (Wildman–Crippen LogP) is 2.71. The van der Waals surface area contributed by atoms with Gasteiger partial charge >= 0.3 is 0 Å². The quantitative estimate of drug-likeness (QED) is 0.848. The average molecular weight is 316 g/mol. The third-order valence-electron chi connectivity index (χ3n) is 3.78. The van der Waals surface area contributed by atoms with Gasteiger partial charge < -0.3 is 5.32 Å². The van der Waals surface area contributed by atoms with Gasteiger partial charge in [-0.15, -0.1) is 11.3 Å². The van der Waals surface area contributed by atoms with Crippen LogP contribution in [0.1, 0.15) is 44.9 Å². The maximum atomic E-state index is 12.4. The van der Waals surface area contributed by atoms with E-state index in [-0.39, 0.29) is 11.5 Å². The molecule has 6 heteroatoms. The van der Waals surface area contributed by atoms with E-state index >= 15 is 0 Å². The third kappa shape index (κ3) is 4.04. The predicted molar refractivity (Wildman–Crippen MR) is 83.4 cm³/mol. The molecule has 1 saturated carbocycles. The first-order chi connectivity index (χ1) is 9.32. The fraction of sp³-hybridized carbons (Fsp3) is 0.714. The van der Waals surface area contributed by atoms with Gasteiger partial charge in [-0.25, -0.2) is 13.1 Å². The van der Waals surface area contributed by atoms with Gasteiger partial charge in [-0.05, 0) is 37.3 Å². The molecule has 4 nitrogen and oxygen atoms in total. The van der Waals surface area contributed by atoms with Crippen molar-refractivity contribution >= 4 is 21.4 Å². The van der Waals surface area contributed by atoms with Gasteiger partial charge in [-0.1, -0.05) is 20.8 Å². The minimum Gasteiger partial charge on any atom is -0.312 e. The summed E-state index contributed by atoms with van der Waals surface area (Å²) in [6.45, 7) is 8.04. The lowest BCUT2D eigenvalue weighted by molar-refractivity contribution is 0.372. The molecule has 0 saturated heterocycles. The number of nitrogens with one attached hydrogen (secondary N) is 2. The van der Waals surface area contributed by atoms with Gasteiger partial charge in [-0.2, -0.15) is 0 Å². The lowest BCUT2D eigenvalue weighted by atomic mass is 9.92. The molecule has 2 rings (SSSR count). The molecule has 1 fully saturated rings. The van der Waals surface area contributed by atoms with Crippen molar-refractivity contribution in [2.75, 3.05) is 6.54 Å². The van der Waals surface area contributed by atoms with Crippen LogP contribution >= 0.6 is 11.3 Å². The summed E-state index contributed by atoms with van der Waals surface area (Å²) >= 11 is 1.49. The second-order valence-corrected chi connectivity index (χ2v) is 8.96. The van der Waals surface area contributed by atoms with Crippen molar-refractivity contribution in [3.8, 4) is 0 Å². The van der Waals surface area contributed by atoms with Gasteiger partial charge in [0.05, 0.1) is 4.90 Å². The van der Waals surface area contributed by atoms with Gasteiger partial charge in [0.15, 0.2) is 0 Å². The number of hydrogen-bond acceptors (Lipinski definition) is 4. The van der Waals surface area contributed by atoms with Crippen LogP contribution in [0.25, 0.3) is 0 Å². The highest BCUT2D eigenvalue weighted by atomic mass is 32.2. The van der Waals surface area contributed by atoms with Gasteiger partial charge in [0.25, 0.3) is 0 Å². The van der Waals surface area contributed by atoms with Crippen molar-refractivity contribution in [1.29, 1.82) is 0 Å². The smallest absolute Gasteiger partial charge is 0.241 e. The second-order valence-electron chi connectivity index (χ2n) is 6.25. The topological polar surface area (TPSA) is 58.2 Å². The van der Waals surface area contributed by atoms with Crippen LogP contribution < -0.4 is 10.0 Å². The van der Waals surface area contributed by atoms with Crippen LogP contribution in [0.2, 0.25) is 0 Å². The van der Waals surface area contributed by atoms with Crippen LogP contribution in [0.4, 0.5) is 0 Å². The minimum absolute atomic E-state index is 0.0760. The standard InChI is InChI=1S/C14H24N2O2S2/c1-4-15-9-12-7-13(10-19-12)20(17,18)16-11-5-6-14(2,3)8-11/h7,10-11,15-16H,4-6,8-9H2,1-3H3. The summed E-state index contributed by atoms with van der Waals surface area (Å²) in [6, 6.07) is 1.85. The van der Waals surface area contributed by atoms with Crippen molar-refractivity contribution < 1.29 is 8.42 Å². The molecule has 1 aromatic rings. The fourth-order valence-electron chi connectivity index (χ4n) is 2.67. The molecule has 0 amide bonds. The average Bonchev–Trinajstić information content (AvgIpc) is 2.93. The van der Waals surface area contributed by atoms with Gasteiger partial charge in [0.2, 0.25) is 10.0 Å². The Bertz CT molecular complexity index is 549. The molecule has 0 spiro atoms. The normalized spacial score (nSPS) is 22.2. The molecule has 20 heavy (non-hydrogen) atoms.